The molecule has 13 heteroatoms. The van der Waals surface area contributed by atoms with Gasteiger partial charge in [-0.25, -0.2) is 0 Å². The number of aliphatic hydroxyl groups is 1. The van der Waals surface area contributed by atoms with Crippen LogP contribution in [0.2, 0.25) is 0 Å². The Kier molecular flexibility index (Phi) is 28.2. The van der Waals surface area contributed by atoms with Gasteiger partial charge in [-0.05, 0) is 6.42 Å². The summed E-state index contributed by atoms with van der Waals surface area (Å²) < 4.78 is 33.0. The molecule has 0 aliphatic heterocycles. The average Bonchev–Trinajstić information content (AvgIpc) is 2.95. The van der Waals surface area contributed by atoms with Crippen molar-refractivity contribution in [3.05, 3.63) is 0 Å². The van der Waals surface area contributed by atoms with Crippen molar-refractivity contribution < 1.29 is 33.5 Å². The van der Waals surface area contributed by atoms with E-state index in [9.17, 15) is 5.11 Å². The lowest BCUT2D eigenvalue weighted by atomic mass is 10.1. The molecular weight excluding hydrogens is 587 g/mol. The molecule has 1 aromatic heterocycles. The first-order valence-electron chi connectivity index (χ1n) is 15.0. The van der Waals surface area contributed by atoms with E-state index >= 15 is 0 Å². The standard InChI is InChI=1S/C28H53N3O7S3/c1-2-3-4-5-6-7-8-9-10-11-12-33-13-14-34-15-16-35-17-18-36-19-20-37-21-22-38-23-25(32)24-41-28-30-26(39)29-27(40)31-28/h25,32H,2-24H2,1H3,(H2,29,30,31,39,40). The number of ether oxygens (including phenoxy) is 6. The Bertz CT molecular complexity index is 694. The molecule has 0 fully saturated rings. The molecule has 0 radical (unpaired) electrons. The quantitative estimate of drug-likeness (QED) is 0.0584. The Balaban J connectivity index is 1.70. The van der Waals surface area contributed by atoms with Gasteiger partial charge in [0.1, 0.15) is 0 Å². The van der Waals surface area contributed by atoms with Crippen molar-refractivity contribution in [2.24, 2.45) is 0 Å². The number of aromatic nitrogens is 3. The number of unbranched alkanes of at least 4 members (excludes halogenated alkanes) is 9. The fraction of sp³-hybridized carbons (Fsp3) is 0.893. The highest BCUT2D eigenvalue weighted by Crippen LogP contribution is 2.16. The maximum Gasteiger partial charge on any atom is 0.192 e. The van der Waals surface area contributed by atoms with Gasteiger partial charge in [-0.15, -0.1) is 25.3 Å². The van der Waals surface area contributed by atoms with Crippen LogP contribution in [0.4, 0.5) is 0 Å². The molecule has 1 aromatic rings. The minimum atomic E-state index is -0.648. The number of thioether (sulfide) groups is 1. The maximum atomic E-state index is 10.0. The van der Waals surface area contributed by atoms with Gasteiger partial charge in [0.25, 0.3) is 0 Å². The molecule has 0 aromatic carbocycles. The largest absolute Gasteiger partial charge is 0.390 e. The molecule has 0 aliphatic rings. The Morgan fingerprint density at radius 1 is 0.561 bits per heavy atom. The van der Waals surface area contributed by atoms with Crippen LogP contribution >= 0.6 is 37.0 Å². The third kappa shape index (κ3) is 27.1. The van der Waals surface area contributed by atoms with E-state index in [4.69, 9.17) is 28.4 Å². The van der Waals surface area contributed by atoms with Crippen LogP contribution in [0.5, 0.6) is 0 Å². The second-order valence-electron chi connectivity index (χ2n) is 9.50. The topological polar surface area (TPSA) is 114 Å². The van der Waals surface area contributed by atoms with E-state index in [1.165, 1.54) is 69.5 Å². The summed E-state index contributed by atoms with van der Waals surface area (Å²) in [4.78, 5) is 12.0. The first-order valence-corrected chi connectivity index (χ1v) is 16.9. The highest BCUT2D eigenvalue weighted by molar-refractivity contribution is 7.99. The van der Waals surface area contributed by atoms with E-state index in [0.717, 1.165) is 13.0 Å². The summed E-state index contributed by atoms with van der Waals surface area (Å²) in [5.41, 5.74) is 0. The highest BCUT2D eigenvalue weighted by atomic mass is 32.2. The predicted octanol–water partition coefficient (Wildman–Crippen LogP) is 4.92. The van der Waals surface area contributed by atoms with Crippen molar-refractivity contribution in [1.29, 1.82) is 0 Å². The van der Waals surface area contributed by atoms with Crippen LogP contribution < -0.4 is 0 Å². The van der Waals surface area contributed by atoms with E-state index in [1.54, 1.807) is 0 Å². The van der Waals surface area contributed by atoms with Gasteiger partial charge in [-0.1, -0.05) is 76.5 Å². The zero-order chi connectivity index (χ0) is 29.6. The second kappa shape index (κ2) is 29.8. The van der Waals surface area contributed by atoms with Crippen molar-refractivity contribution in [3.63, 3.8) is 0 Å². The summed E-state index contributed by atoms with van der Waals surface area (Å²) in [6, 6.07) is 0. The lowest BCUT2D eigenvalue weighted by Gasteiger charge is -2.11. The summed E-state index contributed by atoms with van der Waals surface area (Å²) in [6.07, 6.45) is 12.7. The Hall–Kier alpha value is -0.220. The molecule has 1 unspecified atom stereocenters. The third-order valence-electron chi connectivity index (χ3n) is 5.81. The van der Waals surface area contributed by atoms with E-state index in [0.29, 0.717) is 87.3 Å². The lowest BCUT2D eigenvalue weighted by molar-refractivity contribution is -0.0219. The molecule has 0 aliphatic carbocycles. The molecule has 1 N–H and O–H groups in total. The van der Waals surface area contributed by atoms with Crippen molar-refractivity contribution in [1.82, 2.24) is 15.0 Å². The monoisotopic (exact) mass is 639 g/mol. The number of aliphatic hydroxyl groups excluding tert-OH is 1. The summed E-state index contributed by atoms with van der Waals surface area (Å²) >= 11 is 9.46. The smallest absolute Gasteiger partial charge is 0.192 e. The second-order valence-corrected chi connectivity index (χ2v) is 11.3. The number of hydrogen-bond donors (Lipinski definition) is 3. The lowest BCUT2D eigenvalue weighted by Crippen LogP contribution is -2.20. The van der Waals surface area contributed by atoms with Gasteiger partial charge >= 0.3 is 0 Å². The van der Waals surface area contributed by atoms with Crippen LogP contribution in [0.25, 0.3) is 0 Å². The molecule has 41 heavy (non-hydrogen) atoms. The zero-order valence-electron chi connectivity index (χ0n) is 24.9. The highest BCUT2D eigenvalue weighted by Gasteiger charge is 2.09. The summed E-state index contributed by atoms with van der Waals surface area (Å²) in [7, 11) is 0. The SMILES string of the molecule is CCCCCCCCCCCCOCCOCCOCCOCCOCCOCC(O)CSc1nc(S)nc(S)n1. The van der Waals surface area contributed by atoms with Crippen molar-refractivity contribution in [2.45, 2.75) is 92.7 Å². The number of thiol groups is 2. The van der Waals surface area contributed by atoms with Gasteiger partial charge < -0.3 is 33.5 Å². The maximum absolute atomic E-state index is 10.0. The minimum Gasteiger partial charge on any atom is -0.390 e. The van der Waals surface area contributed by atoms with Crippen molar-refractivity contribution >= 4 is 37.0 Å². The molecule has 1 heterocycles. The van der Waals surface area contributed by atoms with Gasteiger partial charge in [0.05, 0.1) is 78.8 Å². The van der Waals surface area contributed by atoms with Crippen LogP contribution in [0.1, 0.15) is 71.1 Å². The molecule has 0 spiro atoms. The summed E-state index contributed by atoms with van der Waals surface area (Å²) in [5.74, 6) is 0.390. The number of hydrogen-bond acceptors (Lipinski definition) is 13. The Morgan fingerprint density at radius 2 is 0.951 bits per heavy atom. The van der Waals surface area contributed by atoms with Gasteiger partial charge in [0.15, 0.2) is 15.5 Å². The van der Waals surface area contributed by atoms with Gasteiger partial charge in [0.2, 0.25) is 0 Å². The molecule has 0 saturated carbocycles. The van der Waals surface area contributed by atoms with Crippen LogP contribution in [0.3, 0.4) is 0 Å². The van der Waals surface area contributed by atoms with E-state index < -0.39 is 6.10 Å². The van der Waals surface area contributed by atoms with Crippen LogP contribution in [0, 0.1) is 0 Å². The third-order valence-corrected chi connectivity index (χ3v) is 7.20. The summed E-state index contributed by atoms with van der Waals surface area (Å²) in [5, 5.41) is 11.1. The average molecular weight is 640 g/mol. The first-order chi connectivity index (χ1) is 20.1. The predicted molar refractivity (Wildman–Crippen MR) is 168 cm³/mol. The number of rotatable bonds is 31. The molecular formula is C28H53N3O7S3. The van der Waals surface area contributed by atoms with Crippen LogP contribution in [-0.4, -0.2) is 111 Å². The van der Waals surface area contributed by atoms with Crippen molar-refractivity contribution in [2.75, 3.05) is 85.0 Å². The van der Waals surface area contributed by atoms with E-state index in [-0.39, 0.29) is 6.61 Å². The molecule has 10 nitrogen and oxygen atoms in total. The Labute approximate surface area is 262 Å². The molecule has 0 saturated heterocycles. The van der Waals surface area contributed by atoms with Crippen LogP contribution in [-0.2, 0) is 28.4 Å². The molecule has 0 amide bonds. The molecule has 0 bridgehead atoms. The van der Waals surface area contributed by atoms with Crippen LogP contribution in [0.15, 0.2) is 15.5 Å². The van der Waals surface area contributed by atoms with Gasteiger partial charge in [-0.2, -0.15) is 15.0 Å². The molecule has 240 valence electrons. The number of nitrogens with zero attached hydrogens (tertiary/aromatic N) is 3. The molecule has 1 atom stereocenters. The summed E-state index contributed by atoms with van der Waals surface area (Å²) in [6.45, 7) is 8.45. The van der Waals surface area contributed by atoms with E-state index in [1.807, 2.05) is 0 Å². The first kappa shape index (κ1) is 38.8. The van der Waals surface area contributed by atoms with Gasteiger partial charge in [-0.3, -0.25) is 0 Å². The zero-order valence-corrected chi connectivity index (χ0v) is 27.5. The minimum absolute atomic E-state index is 0.201. The fourth-order valence-electron chi connectivity index (χ4n) is 3.63. The normalized spacial score (nSPS) is 12.3. The molecule has 1 rings (SSSR count). The van der Waals surface area contributed by atoms with Gasteiger partial charge in [0, 0.05) is 12.4 Å². The van der Waals surface area contributed by atoms with Crippen molar-refractivity contribution in [3.8, 4) is 0 Å². The Morgan fingerprint density at radius 3 is 1.41 bits per heavy atom. The van der Waals surface area contributed by atoms with E-state index in [2.05, 4.69) is 47.1 Å². The fourth-order valence-corrected chi connectivity index (χ4v) is 4.96.